The summed E-state index contributed by atoms with van der Waals surface area (Å²) in [7, 11) is 0. The maximum Gasteiger partial charge on any atom is 0.303 e. The Kier molecular flexibility index (Phi) is 5.83. The molecule has 0 unspecified atom stereocenters. The monoisotopic (exact) mass is 282 g/mol. The molecule has 0 radical (unpaired) electrons. The van der Waals surface area contributed by atoms with E-state index in [9.17, 15) is 9.59 Å². The van der Waals surface area contributed by atoms with Crippen LogP contribution in [0.4, 0.5) is 0 Å². The van der Waals surface area contributed by atoms with Crippen LogP contribution in [-0.2, 0) is 14.3 Å². The Bertz CT molecular complexity index is 338. The average molecular weight is 282 g/mol. The van der Waals surface area contributed by atoms with Crippen LogP contribution in [0, 0.1) is 0 Å². The summed E-state index contributed by atoms with van der Waals surface area (Å²) >= 11 is 0. The fourth-order valence-corrected chi connectivity index (χ4v) is 3.12. The van der Waals surface area contributed by atoms with Gasteiger partial charge in [-0.05, 0) is 32.4 Å². The van der Waals surface area contributed by atoms with Crippen molar-refractivity contribution >= 4 is 11.9 Å². The molecule has 0 aromatic rings. The Balaban J connectivity index is 1.88. The topological polar surface area (TPSA) is 49.9 Å². The van der Waals surface area contributed by atoms with Gasteiger partial charge < -0.3 is 9.64 Å². The molecule has 0 N–H and O–H groups in total. The molecule has 2 aliphatic heterocycles. The number of carbonyl (C=O) groups is 2. The molecule has 0 aromatic heterocycles. The van der Waals surface area contributed by atoms with Gasteiger partial charge in [0.1, 0.15) is 6.10 Å². The predicted molar refractivity (Wildman–Crippen MR) is 76.3 cm³/mol. The van der Waals surface area contributed by atoms with Gasteiger partial charge in [0.05, 0.1) is 6.54 Å². The first-order valence-corrected chi connectivity index (χ1v) is 7.82. The van der Waals surface area contributed by atoms with Crippen molar-refractivity contribution in [2.24, 2.45) is 0 Å². The second-order valence-corrected chi connectivity index (χ2v) is 5.89. The number of nitrogens with zero attached hydrogens (tertiary/aromatic N) is 2. The highest BCUT2D eigenvalue weighted by Crippen LogP contribution is 2.14. The van der Waals surface area contributed by atoms with Crippen LogP contribution in [0.5, 0.6) is 0 Å². The second-order valence-electron chi connectivity index (χ2n) is 5.89. The SMILES string of the molecule is CC(=O)O[C@H](CN1CCCCCC1)CN1CCCC1=O. The Morgan fingerprint density at radius 3 is 2.35 bits per heavy atom. The number of esters is 1. The quantitative estimate of drug-likeness (QED) is 0.716. The van der Waals surface area contributed by atoms with Crippen molar-refractivity contribution in [3.63, 3.8) is 0 Å². The fourth-order valence-electron chi connectivity index (χ4n) is 3.12. The zero-order chi connectivity index (χ0) is 14.4. The zero-order valence-corrected chi connectivity index (χ0v) is 12.5. The first-order chi connectivity index (χ1) is 9.65. The molecule has 0 aromatic carbocycles. The number of likely N-dealkylation sites (tertiary alicyclic amines) is 2. The third-order valence-electron chi connectivity index (χ3n) is 4.09. The highest BCUT2D eigenvalue weighted by molar-refractivity contribution is 5.78. The van der Waals surface area contributed by atoms with E-state index in [1.54, 1.807) is 0 Å². The summed E-state index contributed by atoms with van der Waals surface area (Å²) in [4.78, 5) is 27.2. The van der Waals surface area contributed by atoms with Crippen LogP contribution in [0.25, 0.3) is 0 Å². The van der Waals surface area contributed by atoms with E-state index < -0.39 is 0 Å². The highest BCUT2D eigenvalue weighted by atomic mass is 16.5. The van der Waals surface area contributed by atoms with Crippen LogP contribution in [-0.4, -0.2) is 60.5 Å². The van der Waals surface area contributed by atoms with E-state index in [1.807, 2.05) is 4.90 Å². The summed E-state index contributed by atoms with van der Waals surface area (Å²) in [6.07, 6.45) is 6.39. The van der Waals surface area contributed by atoms with Crippen LogP contribution in [0.2, 0.25) is 0 Å². The molecule has 0 spiro atoms. The van der Waals surface area contributed by atoms with Crippen LogP contribution in [0.15, 0.2) is 0 Å². The smallest absolute Gasteiger partial charge is 0.303 e. The number of rotatable bonds is 5. The summed E-state index contributed by atoms with van der Waals surface area (Å²) in [5.74, 6) is -0.0607. The van der Waals surface area contributed by atoms with Gasteiger partial charge in [0.15, 0.2) is 0 Å². The molecule has 20 heavy (non-hydrogen) atoms. The lowest BCUT2D eigenvalue weighted by atomic mass is 10.2. The van der Waals surface area contributed by atoms with Gasteiger partial charge in [-0.1, -0.05) is 12.8 Å². The Labute approximate surface area is 121 Å². The highest BCUT2D eigenvalue weighted by Gasteiger charge is 2.26. The third-order valence-corrected chi connectivity index (χ3v) is 4.09. The molecule has 1 atom stereocenters. The molecule has 0 bridgehead atoms. The first kappa shape index (κ1) is 15.3. The van der Waals surface area contributed by atoms with E-state index in [-0.39, 0.29) is 18.0 Å². The summed E-state index contributed by atoms with van der Waals surface area (Å²) in [6, 6.07) is 0. The van der Waals surface area contributed by atoms with Crippen molar-refractivity contribution in [3.05, 3.63) is 0 Å². The number of amides is 1. The Hall–Kier alpha value is -1.10. The number of hydrogen-bond donors (Lipinski definition) is 0. The molecule has 2 fully saturated rings. The van der Waals surface area contributed by atoms with Gasteiger partial charge in [-0.25, -0.2) is 0 Å². The van der Waals surface area contributed by atoms with Crippen molar-refractivity contribution in [3.8, 4) is 0 Å². The standard InChI is InChI=1S/C15H26N2O3/c1-13(18)20-14(12-17-10-6-7-15(17)19)11-16-8-4-2-3-5-9-16/h14H,2-12H2,1H3/t14-/m1/s1. The summed E-state index contributed by atoms with van der Waals surface area (Å²) in [5, 5.41) is 0. The molecule has 5 heteroatoms. The minimum atomic E-state index is -0.253. The van der Waals surface area contributed by atoms with E-state index in [2.05, 4.69) is 4.90 Å². The van der Waals surface area contributed by atoms with Gasteiger partial charge in [0.25, 0.3) is 0 Å². The molecule has 2 rings (SSSR count). The largest absolute Gasteiger partial charge is 0.459 e. The second kappa shape index (κ2) is 7.62. The van der Waals surface area contributed by atoms with E-state index in [1.165, 1.54) is 32.6 Å². The van der Waals surface area contributed by atoms with Gasteiger partial charge >= 0.3 is 5.97 Å². The molecular weight excluding hydrogens is 256 g/mol. The average Bonchev–Trinajstić information content (AvgIpc) is 2.64. The van der Waals surface area contributed by atoms with Crippen LogP contribution in [0.3, 0.4) is 0 Å². The maximum atomic E-state index is 11.7. The normalized spacial score (nSPS) is 22.6. The number of carbonyl (C=O) groups excluding carboxylic acids is 2. The molecule has 2 heterocycles. The molecular formula is C15H26N2O3. The zero-order valence-electron chi connectivity index (χ0n) is 12.5. The number of ether oxygens (including phenoxy) is 1. The van der Waals surface area contributed by atoms with Crippen LogP contribution >= 0.6 is 0 Å². The lowest BCUT2D eigenvalue weighted by molar-refractivity contribution is -0.150. The molecule has 2 aliphatic rings. The third kappa shape index (κ3) is 4.78. The van der Waals surface area contributed by atoms with Gasteiger partial charge in [-0.3, -0.25) is 14.5 Å². The molecule has 114 valence electrons. The van der Waals surface area contributed by atoms with E-state index in [4.69, 9.17) is 4.74 Å². The fraction of sp³-hybridized carbons (Fsp3) is 0.867. The summed E-state index contributed by atoms with van der Waals surface area (Å²) in [6.45, 7) is 5.70. The molecule has 5 nitrogen and oxygen atoms in total. The summed E-state index contributed by atoms with van der Waals surface area (Å²) in [5.41, 5.74) is 0. The first-order valence-electron chi connectivity index (χ1n) is 7.82. The minimum Gasteiger partial charge on any atom is -0.459 e. The maximum absolute atomic E-state index is 11.7. The molecule has 0 aliphatic carbocycles. The Morgan fingerprint density at radius 2 is 1.80 bits per heavy atom. The Morgan fingerprint density at radius 1 is 1.10 bits per heavy atom. The molecule has 0 saturated carbocycles. The van der Waals surface area contributed by atoms with Gasteiger partial charge in [-0.15, -0.1) is 0 Å². The van der Waals surface area contributed by atoms with Crippen molar-refractivity contribution < 1.29 is 14.3 Å². The lowest BCUT2D eigenvalue weighted by Crippen LogP contribution is -2.43. The van der Waals surface area contributed by atoms with Crippen LogP contribution < -0.4 is 0 Å². The van der Waals surface area contributed by atoms with Gasteiger partial charge in [-0.2, -0.15) is 0 Å². The van der Waals surface area contributed by atoms with Crippen molar-refractivity contribution in [1.29, 1.82) is 0 Å². The van der Waals surface area contributed by atoms with E-state index in [0.29, 0.717) is 13.0 Å². The van der Waals surface area contributed by atoms with Gasteiger partial charge in [0, 0.05) is 26.4 Å². The van der Waals surface area contributed by atoms with E-state index in [0.717, 1.165) is 32.6 Å². The molecule has 2 saturated heterocycles. The minimum absolute atomic E-state index is 0.187. The number of hydrogen-bond acceptors (Lipinski definition) is 4. The lowest BCUT2D eigenvalue weighted by Gasteiger charge is -2.28. The van der Waals surface area contributed by atoms with Crippen molar-refractivity contribution in [2.45, 2.75) is 51.6 Å². The summed E-state index contributed by atoms with van der Waals surface area (Å²) < 4.78 is 5.43. The predicted octanol–water partition coefficient (Wildman–Crippen LogP) is 1.42. The van der Waals surface area contributed by atoms with Crippen molar-refractivity contribution in [1.82, 2.24) is 9.80 Å². The van der Waals surface area contributed by atoms with Crippen molar-refractivity contribution in [2.75, 3.05) is 32.7 Å². The van der Waals surface area contributed by atoms with Crippen LogP contribution in [0.1, 0.15) is 45.4 Å². The van der Waals surface area contributed by atoms with Gasteiger partial charge in [0.2, 0.25) is 5.91 Å². The molecule has 1 amide bonds. The van der Waals surface area contributed by atoms with E-state index >= 15 is 0 Å².